The summed E-state index contributed by atoms with van der Waals surface area (Å²) in [6.45, 7) is 2.94. The van der Waals surface area contributed by atoms with Crippen molar-refractivity contribution in [2.45, 2.75) is 12.8 Å². The predicted octanol–water partition coefficient (Wildman–Crippen LogP) is 3.17. The summed E-state index contributed by atoms with van der Waals surface area (Å²) < 4.78 is 0. The van der Waals surface area contributed by atoms with E-state index in [1.54, 1.807) is 12.1 Å². The van der Waals surface area contributed by atoms with Gasteiger partial charge in [0.25, 0.3) is 0 Å². The van der Waals surface area contributed by atoms with Crippen molar-refractivity contribution in [2.24, 2.45) is 5.73 Å². The van der Waals surface area contributed by atoms with Gasteiger partial charge in [0, 0.05) is 32.6 Å². The molecule has 0 aliphatic carbocycles. The smallest absolute Gasteiger partial charge is 0.225 e. The second-order valence-electron chi connectivity index (χ2n) is 5.64. The van der Waals surface area contributed by atoms with Crippen molar-refractivity contribution in [1.82, 2.24) is 4.90 Å². The Morgan fingerprint density at radius 1 is 1.00 bits per heavy atom. The van der Waals surface area contributed by atoms with Gasteiger partial charge < -0.3 is 16.0 Å². The van der Waals surface area contributed by atoms with Crippen LogP contribution in [0, 0.1) is 0 Å². The van der Waals surface area contributed by atoms with Gasteiger partial charge in [-0.25, -0.2) is 0 Å². The maximum atomic E-state index is 12.1. The molecule has 0 spiro atoms. The van der Waals surface area contributed by atoms with Gasteiger partial charge in [-0.1, -0.05) is 54.1 Å². The zero-order valence-electron chi connectivity index (χ0n) is 13.7. The summed E-state index contributed by atoms with van der Waals surface area (Å²) in [5.41, 5.74) is 7.63. The van der Waals surface area contributed by atoms with E-state index in [9.17, 15) is 4.79 Å². The van der Waals surface area contributed by atoms with Crippen LogP contribution in [0.2, 0.25) is 5.02 Å². The highest BCUT2D eigenvalue weighted by Crippen LogP contribution is 2.20. The quantitative estimate of drug-likeness (QED) is 0.734. The lowest BCUT2D eigenvalue weighted by molar-refractivity contribution is -0.116. The van der Waals surface area contributed by atoms with Gasteiger partial charge in [0.05, 0.1) is 10.7 Å². The van der Waals surface area contributed by atoms with E-state index in [2.05, 4.69) is 22.3 Å². The number of benzene rings is 2. The first kappa shape index (κ1) is 18.5. The molecule has 3 N–H and O–H groups in total. The molecule has 0 radical (unpaired) electrons. The monoisotopic (exact) mass is 345 g/mol. The van der Waals surface area contributed by atoms with Crippen LogP contribution < -0.4 is 11.1 Å². The first-order valence-corrected chi connectivity index (χ1v) is 8.57. The van der Waals surface area contributed by atoms with Crippen LogP contribution in [0.5, 0.6) is 0 Å². The highest BCUT2D eigenvalue weighted by atomic mass is 35.5. The summed E-state index contributed by atoms with van der Waals surface area (Å²) in [4.78, 5) is 14.3. The summed E-state index contributed by atoms with van der Waals surface area (Å²) in [6.07, 6.45) is 1.37. The molecule has 4 nitrogen and oxygen atoms in total. The lowest BCUT2D eigenvalue weighted by Gasteiger charge is -2.21. The molecular formula is C19H24ClN3O. The number of hydrogen-bond acceptors (Lipinski definition) is 3. The van der Waals surface area contributed by atoms with Crippen LogP contribution in [0.4, 0.5) is 5.69 Å². The highest BCUT2D eigenvalue weighted by molar-refractivity contribution is 6.33. The van der Waals surface area contributed by atoms with Crippen LogP contribution in [0.1, 0.15) is 12.0 Å². The van der Waals surface area contributed by atoms with E-state index in [4.69, 9.17) is 17.3 Å². The zero-order valence-corrected chi connectivity index (χ0v) is 14.5. The van der Waals surface area contributed by atoms with Gasteiger partial charge in [-0.2, -0.15) is 0 Å². The van der Waals surface area contributed by atoms with Crippen LogP contribution in [0.15, 0.2) is 54.6 Å². The predicted molar refractivity (Wildman–Crippen MR) is 100 cm³/mol. The molecule has 2 aromatic rings. The van der Waals surface area contributed by atoms with Crippen molar-refractivity contribution < 1.29 is 4.79 Å². The number of halogens is 1. The average molecular weight is 346 g/mol. The molecule has 1 amide bonds. The van der Waals surface area contributed by atoms with E-state index < -0.39 is 0 Å². The normalized spacial score (nSPS) is 10.8. The van der Waals surface area contributed by atoms with Gasteiger partial charge in [-0.05, 0) is 24.1 Å². The molecular weight excluding hydrogens is 322 g/mol. The number of nitrogens with zero attached hydrogens (tertiary/aromatic N) is 1. The van der Waals surface area contributed by atoms with Gasteiger partial charge >= 0.3 is 0 Å². The minimum atomic E-state index is -0.0372. The number of nitrogens with two attached hydrogens (primary N) is 1. The second kappa shape index (κ2) is 10.1. The van der Waals surface area contributed by atoms with E-state index in [0.717, 1.165) is 19.5 Å². The topological polar surface area (TPSA) is 58.4 Å². The molecule has 0 saturated heterocycles. The molecule has 0 fully saturated rings. The molecule has 2 rings (SSSR count). The first-order chi connectivity index (χ1) is 11.7. The van der Waals surface area contributed by atoms with Crippen LogP contribution in [0.3, 0.4) is 0 Å². The molecule has 0 unspecified atom stereocenters. The number of para-hydroxylation sites is 1. The molecule has 24 heavy (non-hydrogen) atoms. The Labute approximate surface area is 148 Å². The molecule has 0 saturated carbocycles. The zero-order chi connectivity index (χ0) is 17.2. The van der Waals surface area contributed by atoms with Crippen molar-refractivity contribution in [2.75, 3.05) is 31.5 Å². The van der Waals surface area contributed by atoms with E-state index in [-0.39, 0.29) is 5.91 Å². The Bertz CT molecular complexity index is 634. The molecule has 5 heteroatoms. The summed E-state index contributed by atoms with van der Waals surface area (Å²) in [5.74, 6) is -0.0372. The number of hydrogen-bond donors (Lipinski definition) is 2. The minimum absolute atomic E-state index is 0.0372. The minimum Gasteiger partial charge on any atom is -0.329 e. The Hall–Kier alpha value is -1.88. The molecule has 128 valence electrons. The lowest BCUT2D eigenvalue weighted by atomic mass is 10.1. The second-order valence-corrected chi connectivity index (χ2v) is 6.05. The van der Waals surface area contributed by atoms with Gasteiger partial charge in [0.15, 0.2) is 0 Å². The molecule has 0 aliphatic rings. The van der Waals surface area contributed by atoms with Crippen LogP contribution in [-0.2, 0) is 11.2 Å². The van der Waals surface area contributed by atoms with Crippen molar-refractivity contribution >= 4 is 23.2 Å². The summed E-state index contributed by atoms with van der Waals surface area (Å²) in [6, 6.07) is 17.6. The summed E-state index contributed by atoms with van der Waals surface area (Å²) in [7, 11) is 0. The van der Waals surface area contributed by atoms with Crippen molar-refractivity contribution in [3.8, 4) is 0 Å². The van der Waals surface area contributed by atoms with E-state index >= 15 is 0 Å². The van der Waals surface area contributed by atoms with Crippen LogP contribution in [0.25, 0.3) is 0 Å². The third-order valence-corrected chi connectivity index (χ3v) is 4.14. The Kier molecular flexibility index (Phi) is 7.75. The number of nitrogens with one attached hydrogen (secondary N) is 1. The standard InChI is InChI=1S/C19H24ClN3O/c20-17-8-4-5-9-18(17)22-19(24)11-14-23(15-12-21)13-10-16-6-2-1-3-7-16/h1-9H,10-15,21H2,(H,22,24). The molecule has 0 aliphatic heterocycles. The lowest BCUT2D eigenvalue weighted by Crippen LogP contribution is -2.34. The average Bonchev–Trinajstić information content (AvgIpc) is 2.60. The Morgan fingerprint density at radius 3 is 2.42 bits per heavy atom. The van der Waals surface area contributed by atoms with E-state index in [1.807, 2.05) is 30.3 Å². The molecule has 0 atom stereocenters. The van der Waals surface area contributed by atoms with Crippen molar-refractivity contribution in [3.05, 3.63) is 65.2 Å². The van der Waals surface area contributed by atoms with Gasteiger partial charge in [-0.3, -0.25) is 4.79 Å². The van der Waals surface area contributed by atoms with E-state index in [1.165, 1.54) is 5.56 Å². The first-order valence-electron chi connectivity index (χ1n) is 8.20. The summed E-state index contributed by atoms with van der Waals surface area (Å²) in [5, 5.41) is 3.40. The fourth-order valence-corrected chi connectivity index (χ4v) is 2.67. The fourth-order valence-electron chi connectivity index (χ4n) is 2.48. The van der Waals surface area contributed by atoms with Crippen LogP contribution in [-0.4, -0.2) is 37.0 Å². The fraction of sp³-hybridized carbons (Fsp3) is 0.316. The number of rotatable bonds is 9. The summed E-state index contributed by atoms with van der Waals surface area (Å²) >= 11 is 6.06. The number of carbonyl (C=O) groups is 1. The Balaban J connectivity index is 1.80. The molecule has 2 aromatic carbocycles. The maximum absolute atomic E-state index is 12.1. The van der Waals surface area contributed by atoms with Gasteiger partial charge in [-0.15, -0.1) is 0 Å². The SMILES string of the molecule is NCCN(CCC(=O)Nc1ccccc1Cl)CCc1ccccc1. The van der Waals surface area contributed by atoms with Gasteiger partial charge in [0.1, 0.15) is 0 Å². The van der Waals surface area contributed by atoms with Crippen LogP contribution >= 0.6 is 11.6 Å². The molecule has 0 heterocycles. The number of carbonyl (C=O) groups excluding carboxylic acids is 1. The maximum Gasteiger partial charge on any atom is 0.225 e. The van der Waals surface area contributed by atoms with Crippen molar-refractivity contribution in [1.29, 1.82) is 0 Å². The Morgan fingerprint density at radius 2 is 1.71 bits per heavy atom. The van der Waals surface area contributed by atoms with E-state index in [0.29, 0.717) is 30.2 Å². The highest BCUT2D eigenvalue weighted by Gasteiger charge is 2.09. The van der Waals surface area contributed by atoms with Crippen molar-refractivity contribution in [3.63, 3.8) is 0 Å². The number of anilines is 1. The third kappa shape index (κ3) is 6.32. The van der Waals surface area contributed by atoms with Gasteiger partial charge in [0.2, 0.25) is 5.91 Å². The molecule has 0 bridgehead atoms. The third-order valence-electron chi connectivity index (χ3n) is 3.81. The molecule has 0 aromatic heterocycles. The largest absolute Gasteiger partial charge is 0.329 e. The number of amides is 1.